The van der Waals surface area contributed by atoms with Gasteiger partial charge in [0.15, 0.2) is 0 Å². The lowest BCUT2D eigenvalue weighted by molar-refractivity contribution is -0.139. The highest BCUT2D eigenvalue weighted by Crippen LogP contribution is 2.41. The number of aryl methyl sites for hydroxylation is 8. The van der Waals surface area contributed by atoms with Gasteiger partial charge in [-0.2, -0.15) is 34.4 Å². The van der Waals surface area contributed by atoms with Crippen LogP contribution in [0.5, 0.6) is 0 Å². The number of carbonyl (C=O) groups excluding carboxylic acids is 3. The minimum atomic E-state index is -0.724. The second-order valence-electron chi connectivity index (χ2n) is 26.9. The molecular weight excluding hydrogens is 1230 g/mol. The maximum Gasteiger partial charge on any atom is 0.311 e. The first-order chi connectivity index (χ1) is 46.6. The van der Waals surface area contributed by atoms with Gasteiger partial charge in [0.2, 0.25) is 0 Å². The van der Waals surface area contributed by atoms with Gasteiger partial charge in [-0.1, -0.05) is 72.8 Å². The lowest BCUT2D eigenvalue weighted by Gasteiger charge is -2.27. The zero-order chi connectivity index (χ0) is 68.5. The smallest absolute Gasteiger partial charge is 0.311 e. The molecule has 0 saturated carbocycles. The van der Waals surface area contributed by atoms with Crippen molar-refractivity contribution in [1.82, 2.24) is 39.5 Å². The first kappa shape index (κ1) is 67.4. The van der Waals surface area contributed by atoms with Crippen LogP contribution in [0, 0.1) is 27.7 Å². The molecule has 8 aliphatic rings. The number of benzene rings is 4. The van der Waals surface area contributed by atoms with E-state index in [4.69, 9.17) is 28.0 Å². The number of hydrogen-bond acceptors (Lipinski definition) is 20. The van der Waals surface area contributed by atoms with Crippen LogP contribution in [-0.4, -0.2) is 139 Å². The van der Waals surface area contributed by atoms with Crippen LogP contribution in [-0.2, 0) is 56.2 Å². The number of carboxylic acids is 1. The molecule has 0 saturated heterocycles. The number of fused-ring (bicyclic) bond motifs is 8. The summed E-state index contributed by atoms with van der Waals surface area (Å²) in [5, 5.41) is 81.5. The molecule has 0 bridgehead atoms. The van der Waals surface area contributed by atoms with Gasteiger partial charge in [-0.25, -0.2) is 0 Å². The summed E-state index contributed by atoms with van der Waals surface area (Å²) in [7, 11) is 0. The summed E-state index contributed by atoms with van der Waals surface area (Å²) >= 11 is 0. The molecule has 4 aromatic carbocycles. The highest BCUT2D eigenvalue weighted by atomic mass is 16.4. The highest BCUT2D eigenvalue weighted by molar-refractivity contribution is 5.93. The molecule has 4 aromatic heterocycles. The minimum absolute atomic E-state index is 0.0789. The van der Waals surface area contributed by atoms with Gasteiger partial charge in [0.25, 0.3) is 17.7 Å². The Balaban J connectivity index is 0.000000119. The fraction of sp³-hybridized carbons (Fsp3) is 0.444. The van der Waals surface area contributed by atoms with Crippen molar-refractivity contribution in [2.45, 2.75) is 179 Å². The van der Waals surface area contributed by atoms with Crippen LogP contribution in [0.1, 0.15) is 179 Å². The number of nitrogens with one attached hydrogen (secondary N) is 5. The Morgan fingerprint density at radius 3 is 1.02 bits per heavy atom. The lowest BCUT2D eigenvalue weighted by Crippen LogP contribution is -2.28. The molecule has 2 unspecified atom stereocenters. The molecule has 4 aliphatic carbocycles. The molecule has 8 aromatic rings. The largest absolute Gasteiger partial charge is 0.481 e. The molecule has 0 radical (unpaired) electrons. The SMILES string of the molecule is Cc1cccc2c1NCCC2C(=O)O.Cc1cccc2c1NCCC2C(=O)n1nc2c(c1N)C[C@H](O)CC2.Cc1cccc2c1NCC[C@@H]2C(=O)n1nc2c(c1N)C[C@H](O)CC2.Cc1cccc2c1NCC[C@H]2C(=O)n1nc2c(c1N)C[C@H](O)CC2.Nc1n[nH]c2c1C[C@H](O)CC2. The van der Waals surface area contributed by atoms with Crippen LogP contribution in [0.4, 0.5) is 46.0 Å². The molecule has 0 amide bonds. The Morgan fingerprint density at radius 1 is 0.412 bits per heavy atom. The number of para-hydroxylation sites is 4. The number of carboxylic acid groups (broad SMARTS) is 1. The Bertz CT molecular complexity index is 3960. The average molecular weight is 1320 g/mol. The number of H-pyrrole nitrogens is 1. The van der Waals surface area contributed by atoms with Crippen LogP contribution in [0.15, 0.2) is 72.8 Å². The number of hydrogen-bond donors (Lipinski definition) is 14. The van der Waals surface area contributed by atoms with Gasteiger partial charge in [-0.3, -0.25) is 24.3 Å². The number of nitrogens with two attached hydrogens (primary N) is 4. The summed E-state index contributed by atoms with van der Waals surface area (Å²) < 4.78 is 4.10. The number of aromatic amines is 1. The Kier molecular flexibility index (Phi) is 19.9. The third-order valence-electron chi connectivity index (χ3n) is 20.4. The summed E-state index contributed by atoms with van der Waals surface area (Å²) in [6.07, 6.45) is 9.23. The number of aromatic nitrogens is 8. The number of nitrogens with zero attached hydrogens (tertiary/aromatic N) is 7. The highest BCUT2D eigenvalue weighted by Gasteiger charge is 2.37. The number of rotatable bonds is 4. The third kappa shape index (κ3) is 13.8. The lowest BCUT2D eigenvalue weighted by atomic mass is 9.88. The normalized spacial score (nSPS) is 22.1. The quantitative estimate of drug-likeness (QED) is 0.0815. The number of aliphatic hydroxyl groups excluding tert-OH is 4. The maximum atomic E-state index is 13.1. The predicted octanol–water partition coefficient (Wildman–Crippen LogP) is 7.41. The standard InChI is InChI=1S/3C18H22N4O2.C11H13NO2.C7H11N3O/c3*1-10-3-2-4-12-13(7-8-20-16(10)12)18(24)22-17(19)14-9-11(23)5-6-15(14)21-22;1-7-3-2-4-8-9(11(13)14)5-6-12-10(7)8;8-7-5-3-4(11)1-2-6(5)9-10-7/h3*2-4,11,13,20,23H,5-9,19H2,1H3;2-4,9,12H,5-6H2,1H3,(H,13,14);4,11H,1-3H2,(H3,8,9,10)/t11-,13?;11-,13+;11-,13-;;4-/m111.1/s1. The summed E-state index contributed by atoms with van der Waals surface area (Å²) in [6, 6.07) is 23.9. The van der Waals surface area contributed by atoms with E-state index < -0.39 is 24.3 Å². The van der Waals surface area contributed by atoms with E-state index in [1.54, 1.807) is 0 Å². The summed E-state index contributed by atoms with van der Waals surface area (Å²) in [5.41, 5.74) is 44.0. The number of aliphatic hydroxyl groups is 4. The van der Waals surface area contributed by atoms with Crippen LogP contribution < -0.4 is 44.2 Å². The molecule has 4 aliphatic heterocycles. The first-order valence-electron chi connectivity index (χ1n) is 34.0. The second-order valence-corrected chi connectivity index (χ2v) is 26.9. The van der Waals surface area contributed by atoms with Crippen molar-refractivity contribution >= 4 is 69.7 Å². The van der Waals surface area contributed by atoms with E-state index in [0.29, 0.717) is 93.9 Å². The van der Waals surface area contributed by atoms with Crippen LogP contribution in [0.2, 0.25) is 0 Å². The summed E-state index contributed by atoms with van der Waals surface area (Å²) in [6.45, 7) is 11.1. The van der Waals surface area contributed by atoms with E-state index in [0.717, 1.165) is 171 Å². The van der Waals surface area contributed by atoms with E-state index in [-0.39, 0.29) is 47.5 Å². The van der Waals surface area contributed by atoms with Crippen molar-refractivity contribution in [2.75, 3.05) is 70.4 Å². The fourth-order valence-corrected chi connectivity index (χ4v) is 15.1. The molecule has 8 heterocycles. The number of carbonyl (C=O) groups is 4. The molecule has 8 atom stereocenters. The third-order valence-corrected chi connectivity index (χ3v) is 20.4. The van der Waals surface area contributed by atoms with Crippen molar-refractivity contribution in [3.8, 4) is 0 Å². The van der Waals surface area contributed by atoms with Gasteiger partial charge in [0.05, 0.1) is 65.2 Å². The monoisotopic (exact) mass is 1320 g/mol. The van der Waals surface area contributed by atoms with Gasteiger partial charge < -0.3 is 69.7 Å². The van der Waals surface area contributed by atoms with E-state index in [1.807, 2.05) is 100 Å². The predicted molar refractivity (Wildman–Crippen MR) is 373 cm³/mol. The van der Waals surface area contributed by atoms with Gasteiger partial charge in [0.1, 0.15) is 23.3 Å². The van der Waals surface area contributed by atoms with Crippen LogP contribution >= 0.6 is 0 Å². The van der Waals surface area contributed by atoms with E-state index in [2.05, 4.69) is 46.8 Å². The van der Waals surface area contributed by atoms with E-state index >= 15 is 0 Å². The summed E-state index contributed by atoms with van der Waals surface area (Å²) in [5.74, 6) is -0.314. The number of nitrogen functional groups attached to an aromatic ring is 4. The van der Waals surface area contributed by atoms with E-state index in [1.165, 1.54) is 14.0 Å². The molecule has 18 N–H and O–H groups in total. The van der Waals surface area contributed by atoms with Gasteiger partial charge >= 0.3 is 5.97 Å². The van der Waals surface area contributed by atoms with Crippen molar-refractivity contribution in [1.29, 1.82) is 0 Å². The number of anilines is 8. The second kappa shape index (κ2) is 28.6. The molecule has 97 heavy (non-hydrogen) atoms. The van der Waals surface area contributed by atoms with Gasteiger partial charge in [-0.05, 0) is 149 Å². The maximum absolute atomic E-state index is 13.1. The molecule has 25 heteroatoms. The zero-order valence-electron chi connectivity index (χ0n) is 55.5. The average Bonchev–Trinajstić information content (AvgIpc) is 1.24. The van der Waals surface area contributed by atoms with Crippen molar-refractivity contribution < 1.29 is 44.7 Å². The van der Waals surface area contributed by atoms with Crippen molar-refractivity contribution in [2.24, 2.45) is 0 Å². The van der Waals surface area contributed by atoms with Gasteiger partial charge in [-0.15, -0.1) is 0 Å². The van der Waals surface area contributed by atoms with Crippen LogP contribution in [0.25, 0.3) is 0 Å². The molecule has 0 fully saturated rings. The fourth-order valence-electron chi connectivity index (χ4n) is 15.1. The molecule has 25 nitrogen and oxygen atoms in total. The first-order valence-corrected chi connectivity index (χ1v) is 34.0. The van der Waals surface area contributed by atoms with Crippen LogP contribution in [0.3, 0.4) is 0 Å². The molecule has 16 rings (SSSR count). The Hall–Kier alpha value is -9.56. The minimum Gasteiger partial charge on any atom is -0.481 e. The molecular formula is C72H90N16O9. The molecule has 512 valence electrons. The van der Waals surface area contributed by atoms with Gasteiger partial charge in [0, 0.05) is 103 Å². The zero-order valence-corrected chi connectivity index (χ0v) is 55.5. The topological polar surface area (TPSA) is 404 Å². The Morgan fingerprint density at radius 2 is 0.701 bits per heavy atom. The summed E-state index contributed by atoms with van der Waals surface area (Å²) in [4.78, 5) is 50.4. The van der Waals surface area contributed by atoms with E-state index in [9.17, 15) is 39.6 Å². The Labute approximate surface area is 562 Å². The van der Waals surface area contributed by atoms with Crippen molar-refractivity contribution in [3.63, 3.8) is 0 Å². The van der Waals surface area contributed by atoms with Crippen molar-refractivity contribution in [3.05, 3.63) is 162 Å². The number of aliphatic carboxylic acids is 1. The molecule has 0 spiro atoms.